The van der Waals surface area contributed by atoms with Crippen LogP contribution in [-0.2, 0) is 13.0 Å². The predicted molar refractivity (Wildman–Crippen MR) is 80.4 cm³/mol. The molecule has 0 amide bonds. The first-order valence-corrected chi connectivity index (χ1v) is 6.97. The van der Waals surface area contributed by atoms with Crippen LogP contribution in [0.2, 0.25) is 0 Å². The van der Waals surface area contributed by atoms with Crippen LogP contribution in [-0.4, -0.2) is 22.5 Å². The van der Waals surface area contributed by atoms with Gasteiger partial charge in [-0.25, -0.2) is 0 Å². The second-order valence-electron chi connectivity index (χ2n) is 5.31. The number of nitrogens with one attached hydrogen (secondary N) is 1. The van der Waals surface area contributed by atoms with Crippen LogP contribution in [0.3, 0.4) is 0 Å². The van der Waals surface area contributed by atoms with Gasteiger partial charge in [-0.15, -0.1) is 0 Å². The predicted octanol–water partition coefficient (Wildman–Crippen LogP) is 1.67. The molecule has 0 bridgehead atoms. The normalized spacial score (nSPS) is 22.6. The molecule has 4 nitrogen and oxygen atoms in total. The molecule has 1 aliphatic carbocycles. The third-order valence-corrected chi connectivity index (χ3v) is 4.04. The molecule has 2 aliphatic rings. The zero-order valence-corrected chi connectivity index (χ0v) is 11.7. The number of fused-ring (bicyclic) bond motifs is 1. The Hall–Kier alpha value is -1.91. The van der Waals surface area contributed by atoms with Crippen LogP contribution in [0.25, 0.3) is 0 Å². The molecule has 4 heteroatoms. The lowest BCUT2D eigenvalue weighted by molar-refractivity contribution is 0.238. The van der Waals surface area contributed by atoms with Gasteiger partial charge >= 0.3 is 0 Å². The third-order valence-electron chi connectivity index (χ3n) is 4.04. The van der Waals surface area contributed by atoms with Gasteiger partial charge in [0.2, 0.25) is 0 Å². The molecule has 1 atom stereocenters. The minimum Gasteiger partial charge on any atom is -0.324 e. The summed E-state index contributed by atoms with van der Waals surface area (Å²) in [5, 5.41) is 0. The van der Waals surface area contributed by atoms with Crippen LogP contribution in [0.1, 0.15) is 18.1 Å². The molecule has 3 N–H and O–H groups in total. The van der Waals surface area contributed by atoms with Crippen molar-refractivity contribution in [2.75, 3.05) is 6.54 Å². The fourth-order valence-electron chi connectivity index (χ4n) is 2.85. The largest absolute Gasteiger partial charge is 0.324 e. The topological polar surface area (TPSA) is 54.2 Å². The fourth-order valence-corrected chi connectivity index (χ4v) is 2.85. The molecule has 1 aromatic heterocycles. The van der Waals surface area contributed by atoms with E-state index in [1.165, 1.54) is 16.7 Å². The molecule has 20 heavy (non-hydrogen) atoms. The molecule has 1 aromatic rings. The number of nitrogens with zero attached hydrogens (tertiary/aromatic N) is 2. The number of hydrogen-bond acceptors (Lipinski definition) is 4. The van der Waals surface area contributed by atoms with E-state index in [9.17, 15) is 0 Å². The van der Waals surface area contributed by atoms with Crippen molar-refractivity contribution >= 4 is 0 Å². The van der Waals surface area contributed by atoms with Gasteiger partial charge < -0.3 is 5.43 Å². The minimum atomic E-state index is 0.311. The first-order chi connectivity index (χ1) is 9.78. The van der Waals surface area contributed by atoms with Crippen molar-refractivity contribution in [1.82, 2.24) is 15.3 Å². The monoisotopic (exact) mass is 268 g/mol. The van der Waals surface area contributed by atoms with Crippen molar-refractivity contribution < 1.29 is 0 Å². The third kappa shape index (κ3) is 2.53. The van der Waals surface area contributed by atoms with Gasteiger partial charge in [-0.3, -0.25) is 15.7 Å². The van der Waals surface area contributed by atoms with Crippen LogP contribution < -0.4 is 11.3 Å². The number of hydrazine groups is 1. The standard InChI is InChI=1S/C16H20N4/c1-12-9-15(3-2-4-16(12)19-17)20-8-6-13-5-7-18-10-14(13)11-20/h2-5,7,9-10,15,19H,6,8,11,17H2,1H3. The smallest absolute Gasteiger partial charge is 0.0511 e. The highest BCUT2D eigenvalue weighted by Crippen LogP contribution is 2.22. The Morgan fingerprint density at radius 1 is 1.40 bits per heavy atom. The van der Waals surface area contributed by atoms with E-state index in [1.54, 1.807) is 0 Å². The second kappa shape index (κ2) is 5.61. The highest BCUT2D eigenvalue weighted by molar-refractivity contribution is 5.36. The maximum Gasteiger partial charge on any atom is 0.0511 e. The van der Waals surface area contributed by atoms with Gasteiger partial charge in [0.1, 0.15) is 0 Å². The van der Waals surface area contributed by atoms with Crippen LogP contribution in [0, 0.1) is 0 Å². The van der Waals surface area contributed by atoms with Gasteiger partial charge in [0.05, 0.1) is 5.70 Å². The summed E-state index contributed by atoms with van der Waals surface area (Å²) in [6, 6.07) is 2.44. The molecule has 0 fully saturated rings. The quantitative estimate of drug-likeness (QED) is 0.633. The number of allylic oxidation sites excluding steroid dienone is 3. The summed E-state index contributed by atoms with van der Waals surface area (Å²) in [6.45, 7) is 4.11. The van der Waals surface area contributed by atoms with Crippen molar-refractivity contribution in [3.63, 3.8) is 0 Å². The summed E-state index contributed by atoms with van der Waals surface area (Å²) in [5.41, 5.74) is 7.67. The van der Waals surface area contributed by atoms with Crippen LogP contribution in [0.5, 0.6) is 0 Å². The Kier molecular flexibility index (Phi) is 3.67. The van der Waals surface area contributed by atoms with Gasteiger partial charge in [0, 0.05) is 31.5 Å². The highest BCUT2D eigenvalue weighted by atomic mass is 15.2. The summed E-state index contributed by atoms with van der Waals surface area (Å²) >= 11 is 0. The summed E-state index contributed by atoms with van der Waals surface area (Å²) in [7, 11) is 0. The SMILES string of the molecule is CC1=CC(N2CCc3ccncc3C2)C=CC=C1NN. The van der Waals surface area contributed by atoms with Gasteiger partial charge in [-0.1, -0.05) is 18.2 Å². The van der Waals surface area contributed by atoms with Crippen molar-refractivity contribution in [3.05, 3.63) is 65.2 Å². The number of rotatable bonds is 2. The summed E-state index contributed by atoms with van der Waals surface area (Å²) in [6.07, 6.45) is 13.5. The average Bonchev–Trinajstić information content (AvgIpc) is 2.68. The highest BCUT2D eigenvalue weighted by Gasteiger charge is 2.21. The second-order valence-corrected chi connectivity index (χ2v) is 5.31. The number of nitrogens with two attached hydrogens (primary N) is 1. The number of pyridine rings is 1. The zero-order chi connectivity index (χ0) is 13.9. The molecule has 2 heterocycles. The maximum absolute atomic E-state index is 5.54. The van der Waals surface area contributed by atoms with E-state index in [0.29, 0.717) is 6.04 Å². The fraction of sp³-hybridized carbons (Fsp3) is 0.312. The number of hydrogen-bond donors (Lipinski definition) is 2. The molecule has 0 aromatic carbocycles. The van der Waals surface area contributed by atoms with E-state index >= 15 is 0 Å². The molecule has 104 valence electrons. The first-order valence-electron chi connectivity index (χ1n) is 6.97. The van der Waals surface area contributed by atoms with Gasteiger partial charge in [-0.2, -0.15) is 0 Å². The average molecular weight is 268 g/mol. The molecular formula is C16H20N4. The van der Waals surface area contributed by atoms with E-state index in [4.69, 9.17) is 5.84 Å². The van der Waals surface area contributed by atoms with E-state index in [-0.39, 0.29) is 0 Å². The lowest BCUT2D eigenvalue weighted by Crippen LogP contribution is -2.37. The Bertz CT molecular complexity index is 586. The summed E-state index contributed by atoms with van der Waals surface area (Å²) < 4.78 is 0. The van der Waals surface area contributed by atoms with Crippen LogP contribution in [0.4, 0.5) is 0 Å². The number of aromatic nitrogens is 1. The van der Waals surface area contributed by atoms with Gasteiger partial charge in [0.15, 0.2) is 0 Å². The minimum absolute atomic E-state index is 0.311. The van der Waals surface area contributed by atoms with Gasteiger partial charge in [-0.05, 0) is 42.2 Å². The lowest BCUT2D eigenvalue weighted by atomic mass is 10.00. The summed E-state index contributed by atoms with van der Waals surface area (Å²) in [5.74, 6) is 5.54. The Balaban J connectivity index is 1.81. The van der Waals surface area contributed by atoms with E-state index in [2.05, 4.69) is 46.5 Å². The van der Waals surface area contributed by atoms with Crippen LogP contribution >= 0.6 is 0 Å². The maximum atomic E-state index is 5.54. The molecule has 0 saturated heterocycles. The van der Waals surface area contributed by atoms with Crippen molar-refractivity contribution in [1.29, 1.82) is 0 Å². The molecule has 3 rings (SSSR count). The van der Waals surface area contributed by atoms with Crippen LogP contribution in [0.15, 0.2) is 54.0 Å². The van der Waals surface area contributed by atoms with Gasteiger partial charge in [0.25, 0.3) is 0 Å². The Morgan fingerprint density at radius 2 is 2.30 bits per heavy atom. The molecular weight excluding hydrogens is 248 g/mol. The first kappa shape index (κ1) is 13.1. The molecule has 1 aliphatic heterocycles. The lowest BCUT2D eigenvalue weighted by Gasteiger charge is -2.32. The van der Waals surface area contributed by atoms with E-state index in [0.717, 1.165) is 25.2 Å². The van der Waals surface area contributed by atoms with E-state index in [1.807, 2.05) is 18.5 Å². The molecule has 0 spiro atoms. The van der Waals surface area contributed by atoms with Crippen molar-refractivity contribution in [2.45, 2.75) is 25.9 Å². The summed E-state index contributed by atoms with van der Waals surface area (Å²) in [4.78, 5) is 6.71. The Morgan fingerprint density at radius 3 is 3.15 bits per heavy atom. The molecule has 1 unspecified atom stereocenters. The van der Waals surface area contributed by atoms with E-state index < -0.39 is 0 Å². The molecule has 0 radical (unpaired) electrons. The Labute approximate surface area is 119 Å². The zero-order valence-electron chi connectivity index (χ0n) is 11.7. The van der Waals surface area contributed by atoms with Crippen molar-refractivity contribution in [2.24, 2.45) is 5.84 Å². The van der Waals surface area contributed by atoms with Crippen molar-refractivity contribution in [3.8, 4) is 0 Å². The molecule has 0 saturated carbocycles.